The molecule has 1 heterocycles. The van der Waals surface area contributed by atoms with Gasteiger partial charge in [-0.3, -0.25) is 14.9 Å². The Hall–Kier alpha value is -3.62. The molecular formula is C18H19N3O6. The largest absolute Gasteiger partial charge is 0.467 e. The molecule has 1 aromatic heterocycles. The van der Waals surface area contributed by atoms with Gasteiger partial charge in [-0.05, 0) is 31.2 Å². The van der Waals surface area contributed by atoms with Gasteiger partial charge in [0.05, 0.1) is 12.8 Å². The summed E-state index contributed by atoms with van der Waals surface area (Å²) in [5.74, 6) is -1.53. The molecule has 9 heteroatoms. The molecule has 1 atom stereocenters. The zero-order valence-electron chi connectivity index (χ0n) is 14.6. The molecule has 0 saturated heterocycles. The molecule has 0 aliphatic carbocycles. The van der Waals surface area contributed by atoms with Crippen LogP contribution < -0.4 is 16.0 Å². The third-order valence-electron chi connectivity index (χ3n) is 3.34. The van der Waals surface area contributed by atoms with E-state index >= 15 is 0 Å². The standard InChI is InChI=1S/C18H19N3O6/c1-12(20-16(23)13-6-3-2-4-7-13)17(24)27-11-15(22)21-18(25)19-10-14-8-5-9-26-14/h2-9,12H,10-11H2,1H3,(H,20,23)(H2,19,21,22,25). The number of imide groups is 1. The summed E-state index contributed by atoms with van der Waals surface area (Å²) < 4.78 is 9.82. The highest BCUT2D eigenvalue weighted by molar-refractivity contribution is 5.97. The molecule has 3 N–H and O–H groups in total. The summed E-state index contributed by atoms with van der Waals surface area (Å²) >= 11 is 0. The molecule has 142 valence electrons. The summed E-state index contributed by atoms with van der Waals surface area (Å²) in [6.07, 6.45) is 1.46. The van der Waals surface area contributed by atoms with Crippen LogP contribution in [0.1, 0.15) is 23.0 Å². The van der Waals surface area contributed by atoms with Gasteiger partial charge in [-0.15, -0.1) is 0 Å². The topological polar surface area (TPSA) is 127 Å². The summed E-state index contributed by atoms with van der Waals surface area (Å²) in [7, 11) is 0. The second-order valence-electron chi connectivity index (χ2n) is 5.48. The number of urea groups is 1. The Morgan fingerprint density at radius 3 is 2.48 bits per heavy atom. The molecule has 2 aromatic rings. The minimum absolute atomic E-state index is 0.106. The van der Waals surface area contributed by atoms with E-state index in [2.05, 4.69) is 10.6 Å². The third-order valence-corrected chi connectivity index (χ3v) is 3.34. The van der Waals surface area contributed by atoms with Crippen molar-refractivity contribution in [2.75, 3.05) is 6.61 Å². The van der Waals surface area contributed by atoms with Crippen LogP contribution in [0.4, 0.5) is 4.79 Å². The molecule has 4 amide bonds. The Morgan fingerprint density at radius 2 is 1.81 bits per heavy atom. The van der Waals surface area contributed by atoms with Gasteiger partial charge in [-0.1, -0.05) is 18.2 Å². The first kappa shape index (κ1) is 19.7. The van der Waals surface area contributed by atoms with Gasteiger partial charge in [0.15, 0.2) is 6.61 Å². The molecule has 2 rings (SSSR count). The number of ether oxygens (including phenoxy) is 1. The number of hydrogen-bond acceptors (Lipinski definition) is 6. The number of esters is 1. The number of benzene rings is 1. The number of amides is 4. The maximum atomic E-state index is 12.0. The van der Waals surface area contributed by atoms with Crippen LogP contribution in [0.2, 0.25) is 0 Å². The monoisotopic (exact) mass is 373 g/mol. The lowest BCUT2D eigenvalue weighted by Gasteiger charge is -2.13. The van der Waals surface area contributed by atoms with Crippen molar-refractivity contribution in [3.05, 3.63) is 60.1 Å². The van der Waals surface area contributed by atoms with Crippen LogP contribution >= 0.6 is 0 Å². The molecule has 27 heavy (non-hydrogen) atoms. The van der Waals surface area contributed by atoms with Crippen molar-refractivity contribution in [2.45, 2.75) is 19.5 Å². The Balaban J connectivity index is 1.68. The summed E-state index contributed by atoms with van der Waals surface area (Å²) in [5, 5.41) is 6.88. The van der Waals surface area contributed by atoms with E-state index in [1.54, 1.807) is 42.5 Å². The lowest BCUT2D eigenvalue weighted by atomic mass is 10.2. The van der Waals surface area contributed by atoms with Crippen LogP contribution in [0.15, 0.2) is 53.1 Å². The number of nitrogens with one attached hydrogen (secondary N) is 3. The van der Waals surface area contributed by atoms with Gasteiger partial charge in [0.25, 0.3) is 11.8 Å². The van der Waals surface area contributed by atoms with Crippen LogP contribution in [-0.4, -0.2) is 36.5 Å². The fourth-order valence-electron chi connectivity index (χ4n) is 1.98. The zero-order chi connectivity index (χ0) is 19.6. The summed E-state index contributed by atoms with van der Waals surface area (Å²) in [6.45, 7) is 0.879. The summed E-state index contributed by atoms with van der Waals surface area (Å²) in [6, 6.07) is 9.96. The van der Waals surface area contributed by atoms with Crippen LogP contribution in [0.3, 0.4) is 0 Å². The Morgan fingerprint density at radius 1 is 1.07 bits per heavy atom. The number of carbonyl (C=O) groups is 4. The first-order valence-electron chi connectivity index (χ1n) is 8.08. The van der Waals surface area contributed by atoms with Gasteiger partial charge in [-0.25, -0.2) is 9.59 Å². The van der Waals surface area contributed by atoms with E-state index in [1.165, 1.54) is 13.2 Å². The zero-order valence-corrected chi connectivity index (χ0v) is 14.6. The van der Waals surface area contributed by atoms with Crippen molar-refractivity contribution >= 4 is 23.8 Å². The molecule has 0 spiro atoms. The maximum absolute atomic E-state index is 12.0. The quantitative estimate of drug-likeness (QED) is 0.621. The minimum atomic E-state index is -0.960. The molecule has 0 fully saturated rings. The first-order chi connectivity index (χ1) is 13.0. The van der Waals surface area contributed by atoms with Crippen LogP contribution in [0, 0.1) is 0 Å². The fraction of sp³-hybridized carbons (Fsp3) is 0.222. The van der Waals surface area contributed by atoms with Crippen molar-refractivity contribution in [1.82, 2.24) is 16.0 Å². The molecule has 0 radical (unpaired) electrons. The molecule has 0 saturated carbocycles. The molecule has 1 unspecified atom stereocenters. The Labute approximate surface area is 155 Å². The first-order valence-corrected chi connectivity index (χ1v) is 8.08. The van der Waals surface area contributed by atoms with E-state index in [0.29, 0.717) is 11.3 Å². The van der Waals surface area contributed by atoms with Gasteiger partial charge < -0.3 is 19.8 Å². The number of furan rings is 1. The molecule has 0 aliphatic rings. The fourth-order valence-corrected chi connectivity index (χ4v) is 1.98. The van der Waals surface area contributed by atoms with Gasteiger partial charge in [0.2, 0.25) is 0 Å². The predicted molar refractivity (Wildman–Crippen MR) is 93.4 cm³/mol. The predicted octanol–water partition coefficient (Wildman–Crippen LogP) is 0.967. The SMILES string of the molecule is CC(NC(=O)c1ccccc1)C(=O)OCC(=O)NC(=O)NCc1ccco1. The number of hydrogen-bond donors (Lipinski definition) is 3. The van der Waals surface area contributed by atoms with Crippen molar-refractivity contribution in [3.63, 3.8) is 0 Å². The second-order valence-corrected chi connectivity index (χ2v) is 5.48. The average Bonchev–Trinajstić information content (AvgIpc) is 3.18. The van der Waals surface area contributed by atoms with E-state index in [-0.39, 0.29) is 6.54 Å². The van der Waals surface area contributed by atoms with Crippen LogP contribution in [0.25, 0.3) is 0 Å². The molecule has 1 aromatic carbocycles. The summed E-state index contributed by atoms with van der Waals surface area (Å²) in [5.41, 5.74) is 0.392. The lowest BCUT2D eigenvalue weighted by molar-refractivity contribution is -0.149. The number of rotatable bonds is 7. The molecule has 0 aliphatic heterocycles. The van der Waals surface area contributed by atoms with Gasteiger partial charge in [-0.2, -0.15) is 0 Å². The van der Waals surface area contributed by atoms with Crippen molar-refractivity contribution in [3.8, 4) is 0 Å². The summed E-state index contributed by atoms with van der Waals surface area (Å²) in [4.78, 5) is 47.0. The van der Waals surface area contributed by atoms with Crippen molar-refractivity contribution in [2.24, 2.45) is 0 Å². The van der Waals surface area contributed by atoms with E-state index in [1.807, 2.05) is 5.32 Å². The molecule has 9 nitrogen and oxygen atoms in total. The third kappa shape index (κ3) is 6.65. The molecular weight excluding hydrogens is 354 g/mol. The highest BCUT2D eigenvalue weighted by Gasteiger charge is 2.19. The minimum Gasteiger partial charge on any atom is -0.467 e. The van der Waals surface area contributed by atoms with Gasteiger partial charge in [0, 0.05) is 5.56 Å². The number of carbonyl (C=O) groups excluding carboxylic acids is 4. The average molecular weight is 373 g/mol. The Bertz CT molecular complexity index is 789. The van der Waals surface area contributed by atoms with Crippen molar-refractivity contribution < 1.29 is 28.3 Å². The molecule has 0 bridgehead atoms. The highest BCUT2D eigenvalue weighted by atomic mass is 16.5. The van der Waals surface area contributed by atoms with E-state index in [9.17, 15) is 19.2 Å². The maximum Gasteiger partial charge on any atom is 0.328 e. The van der Waals surface area contributed by atoms with E-state index < -0.39 is 36.5 Å². The van der Waals surface area contributed by atoms with Crippen LogP contribution in [-0.2, 0) is 20.9 Å². The van der Waals surface area contributed by atoms with E-state index in [0.717, 1.165) is 0 Å². The van der Waals surface area contributed by atoms with Gasteiger partial charge in [0.1, 0.15) is 11.8 Å². The highest BCUT2D eigenvalue weighted by Crippen LogP contribution is 2.00. The van der Waals surface area contributed by atoms with Crippen molar-refractivity contribution in [1.29, 1.82) is 0 Å². The van der Waals surface area contributed by atoms with Gasteiger partial charge >= 0.3 is 12.0 Å². The lowest BCUT2D eigenvalue weighted by Crippen LogP contribution is -2.43. The smallest absolute Gasteiger partial charge is 0.328 e. The second kappa shape index (κ2) is 9.76. The normalized spacial score (nSPS) is 11.1. The Kier molecular flexibility index (Phi) is 7.12. The van der Waals surface area contributed by atoms with Crippen LogP contribution in [0.5, 0.6) is 0 Å². The van der Waals surface area contributed by atoms with E-state index in [4.69, 9.17) is 9.15 Å².